The van der Waals surface area contributed by atoms with E-state index in [1.165, 1.54) is 4.90 Å². The van der Waals surface area contributed by atoms with Crippen molar-refractivity contribution in [1.82, 2.24) is 10.2 Å². The van der Waals surface area contributed by atoms with Crippen molar-refractivity contribution in [3.05, 3.63) is 90.5 Å². The molecule has 2 amide bonds. The fourth-order valence-electron chi connectivity index (χ4n) is 3.73. The van der Waals surface area contributed by atoms with Crippen molar-refractivity contribution in [2.24, 2.45) is 5.92 Å². The maximum absolute atomic E-state index is 13.6. The average Bonchev–Trinajstić information content (AvgIpc) is 2.89. The molecule has 1 atom stereocenters. The highest BCUT2D eigenvalue weighted by Crippen LogP contribution is 2.26. The van der Waals surface area contributed by atoms with Crippen LogP contribution in [0.2, 0.25) is 0 Å². The lowest BCUT2D eigenvalue weighted by Crippen LogP contribution is -2.51. The molecule has 0 aromatic heterocycles. The van der Waals surface area contributed by atoms with Gasteiger partial charge in [0.25, 0.3) is 0 Å². The highest BCUT2D eigenvalue weighted by atomic mass is 32.2. The summed E-state index contributed by atoms with van der Waals surface area (Å²) in [5, 5.41) is 2.87. The van der Waals surface area contributed by atoms with E-state index in [1.807, 2.05) is 74.5 Å². The van der Waals surface area contributed by atoms with Crippen molar-refractivity contribution in [3.8, 4) is 11.5 Å². The Hall–Kier alpha value is -3.85. The van der Waals surface area contributed by atoms with Gasteiger partial charge in [-0.3, -0.25) is 13.9 Å². The summed E-state index contributed by atoms with van der Waals surface area (Å²) in [4.78, 5) is 27.9. The zero-order chi connectivity index (χ0) is 27.7. The number of hydrogen-bond acceptors (Lipinski definition) is 5. The number of nitrogens with zero attached hydrogens (tertiary/aromatic N) is 2. The molecule has 8 nitrogen and oxygen atoms in total. The zero-order valence-electron chi connectivity index (χ0n) is 22.2. The van der Waals surface area contributed by atoms with Crippen molar-refractivity contribution >= 4 is 27.5 Å². The van der Waals surface area contributed by atoms with Crippen LogP contribution >= 0.6 is 0 Å². The maximum Gasteiger partial charge on any atom is 0.244 e. The van der Waals surface area contributed by atoms with Crippen LogP contribution in [0.1, 0.15) is 26.3 Å². The minimum absolute atomic E-state index is 0.164. The Morgan fingerprint density at radius 3 is 1.95 bits per heavy atom. The zero-order valence-corrected chi connectivity index (χ0v) is 23.0. The third-order valence-electron chi connectivity index (χ3n) is 5.83. The lowest BCUT2D eigenvalue weighted by atomic mass is 10.1. The Morgan fingerprint density at radius 2 is 1.39 bits per heavy atom. The predicted octanol–water partition coefficient (Wildman–Crippen LogP) is 4.43. The number of ether oxygens (including phenoxy) is 1. The number of nitrogens with one attached hydrogen (secondary N) is 1. The van der Waals surface area contributed by atoms with Gasteiger partial charge in [0.05, 0.1) is 11.9 Å². The van der Waals surface area contributed by atoms with Gasteiger partial charge in [0.2, 0.25) is 21.8 Å². The first kappa shape index (κ1) is 28.7. The fraction of sp³-hybridized carbons (Fsp3) is 0.310. The standard InChI is InChI=1S/C29H35N3O5S/c1-22(2)19-30-29(34)23(3)31(20-24-11-7-5-8-12-24)28(33)21-32(38(4,35)36)25-15-17-27(18-16-25)37-26-13-9-6-10-14-26/h5-18,22-23H,19-21H2,1-4H3,(H,30,34). The smallest absolute Gasteiger partial charge is 0.244 e. The second-order valence-corrected chi connectivity index (χ2v) is 11.4. The third kappa shape index (κ3) is 8.34. The van der Waals surface area contributed by atoms with Crippen LogP contribution in [0, 0.1) is 5.92 Å². The summed E-state index contributed by atoms with van der Waals surface area (Å²) in [5.41, 5.74) is 1.15. The van der Waals surface area contributed by atoms with E-state index in [2.05, 4.69) is 5.32 Å². The van der Waals surface area contributed by atoms with Crippen LogP contribution in [0.5, 0.6) is 11.5 Å². The normalized spacial score (nSPS) is 12.0. The lowest BCUT2D eigenvalue weighted by Gasteiger charge is -2.31. The molecule has 0 bridgehead atoms. The molecule has 1 N–H and O–H groups in total. The second-order valence-electron chi connectivity index (χ2n) is 9.50. The minimum Gasteiger partial charge on any atom is -0.457 e. The molecule has 38 heavy (non-hydrogen) atoms. The molecular weight excluding hydrogens is 502 g/mol. The summed E-state index contributed by atoms with van der Waals surface area (Å²) in [7, 11) is -3.81. The first-order valence-corrected chi connectivity index (χ1v) is 14.3. The Labute approximate surface area is 225 Å². The summed E-state index contributed by atoms with van der Waals surface area (Å²) in [6.07, 6.45) is 1.05. The van der Waals surface area contributed by atoms with Crippen molar-refractivity contribution in [1.29, 1.82) is 0 Å². The maximum atomic E-state index is 13.6. The summed E-state index contributed by atoms with van der Waals surface area (Å²) in [5.74, 6) is 0.643. The van der Waals surface area contributed by atoms with Gasteiger partial charge < -0.3 is 15.0 Å². The molecule has 0 heterocycles. The van der Waals surface area contributed by atoms with Crippen LogP contribution in [0.3, 0.4) is 0 Å². The van der Waals surface area contributed by atoms with E-state index in [0.29, 0.717) is 23.7 Å². The van der Waals surface area contributed by atoms with Crippen molar-refractivity contribution in [2.45, 2.75) is 33.4 Å². The summed E-state index contributed by atoms with van der Waals surface area (Å²) in [6, 6.07) is 24.2. The first-order valence-electron chi connectivity index (χ1n) is 12.5. The van der Waals surface area contributed by atoms with Gasteiger partial charge >= 0.3 is 0 Å². The van der Waals surface area contributed by atoms with Gasteiger partial charge in [-0.25, -0.2) is 8.42 Å². The van der Waals surface area contributed by atoms with E-state index in [-0.39, 0.29) is 18.4 Å². The number of rotatable bonds is 12. The van der Waals surface area contributed by atoms with Gasteiger partial charge in [0.1, 0.15) is 24.1 Å². The summed E-state index contributed by atoms with van der Waals surface area (Å²) < 4.78 is 32.3. The van der Waals surface area contributed by atoms with Gasteiger partial charge in [0, 0.05) is 13.1 Å². The molecule has 3 aromatic carbocycles. The molecule has 0 aliphatic rings. The number of anilines is 1. The van der Waals surface area contributed by atoms with E-state index < -0.39 is 28.5 Å². The number of hydrogen-bond donors (Lipinski definition) is 1. The molecule has 0 saturated heterocycles. The van der Waals surface area contributed by atoms with E-state index in [4.69, 9.17) is 4.74 Å². The molecule has 0 radical (unpaired) electrons. The van der Waals surface area contributed by atoms with Crippen LogP contribution in [0.4, 0.5) is 5.69 Å². The Kier molecular flexibility index (Phi) is 9.90. The predicted molar refractivity (Wildman–Crippen MR) is 149 cm³/mol. The van der Waals surface area contributed by atoms with Gasteiger partial charge in [-0.1, -0.05) is 62.4 Å². The van der Waals surface area contributed by atoms with E-state index in [0.717, 1.165) is 16.1 Å². The highest BCUT2D eigenvalue weighted by molar-refractivity contribution is 7.92. The molecule has 1 unspecified atom stereocenters. The minimum atomic E-state index is -3.81. The average molecular weight is 538 g/mol. The molecule has 9 heteroatoms. The Morgan fingerprint density at radius 1 is 0.842 bits per heavy atom. The molecule has 0 saturated carbocycles. The number of sulfonamides is 1. The van der Waals surface area contributed by atoms with Crippen LogP contribution in [-0.2, 0) is 26.2 Å². The largest absolute Gasteiger partial charge is 0.457 e. The fourth-order valence-corrected chi connectivity index (χ4v) is 4.58. The molecule has 0 aliphatic heterocycles. The van der Waals surface area contributed by atoms with Crippen molar-refractivity contribution in [2.75, 3.05) is 23.7 Å². The van der Waals surface area contributed by atoms with Crippen LogP contribution in [0.25, 0.3) is 0 Å². The molecule has 0 fully saturated rings. The topological polar surface area (TPSA) is 96.0 Å². The summed E-state index contributed by atoms with van der Waals surface area (Å²) in [6.45, 7) is 5.81. The molecule has 202 valence electrons. The van der Waals surface area contributed by atoms with Crippen LogP contribution in [0.15, 0.2) is 84.9 Å². The second kappa shape index (κ2) is 13.1. The quantitative estimate of drug-likeness (QED) is 0.369. The first-order chi connectivity index (χ1) is 18.0. The molecule has 3 rings (SSSR count). The SMILES string of the molecule is CC(C)CNC(=O)C(C)N(Cc1ccccc1)C(=O)CN(c1ccc(Oc2ccccc2)cc1)S(C)(=O)=O. The molecule has 0 spiro atoms. The number of benzene rings is 3. The monoisotopic (exact) mass is 537 g/mol. The lowest BCUT2D eigenvalue weighted by molar-refractivity contribution is -0.139. The van der Waals surface area contributed by atoms with Crippen LogP contribution < -0.4 is 14.4 Å². The highest BCUT2D eigenvalue weighted by Gasteiger charge is 2.30. The third-order valence-corrected chi connectivity index (χ3v) is 6.97. The van der Waals surface area contributed by atoms with Crippen LogP contribution in [-0.4, -0.2) is 50.5 Å². The van der Waals surface area contributed by atoms with E-state index >= 15 is 0 Å². The number of carbonyl (C=O) groups excluding carboxylic acids is 2. The number of carbonyl (C=O) groups is 2. The van der Waals surface area contributed by atoms with Gasteiger partial charge in [0.15, 0.2) is 0 Å². The van der Waals surface area contributed by atoms with Gasteiger partial charge in [-0.15, -0.1) is 0 Å². The Balaban J connectivity index is 1.83. The van der Waals surface area contributed by atoms with Gasteiger partial charge in [-0.05, 0) is 54.8 Å². The number of para-hydroxylation sites is 1. The van der Waals surface area contributed by atoms with Crippen molar-refractivity contribution < 1.29 is 22.7 Å². The van der Waals surface area contributed by atoms with E-state index in [1.54, 1.807) is 31.2 Å². The van der Waals surface area contributed by atoms with Gasteiger partial charge in [-0.2, -0.15) is 0 Å². The van der Waals surface area contributed by atoms with Crippen molar-refractivity contribution in [3.63, 3.8) is 0 Å². The summed E-state index contributed by atoms with van der Waals surface area (Å²) >= 11 is 0. The molecular formula is C29H35N3O5S. The molecule has 0 aliphatic carbocycles. The van der Waals surface area contributed by atoms with E-state index in [9.17, 15) is 18.0 Å². The molecule has 3 aromatic rings. The Bertz CT molecular complexity index is 1300. The number of amides is 2.